The molecule has 0 aliphatic heterocycles. The molecule has 0 saturated carbocycles. The van der Waals surface area contributed by atoms with E-state index in [-0.39, 0.29) is 18.6 Å². The minimum absolute atomic E-state index is 0.0839. The lowest BCUT2D eigenvalue weighted by Gasteiger charge is -2.09. The molecule has 1 unspecified atom stereocenters. The van der Waals surface area contributed by atoms with Crippen LogP contribution in [0.2, 0.25) is 0 Å². The van der Waals surface area contributed by atoms with Crippen molar-refractivity contribution in [1.82, 2.24) is 15.3 Å². The Morgan fingerprint density at radius 1 is 1.62 bits per heavy atom. The second kappa shape index (κ2) is 4.51. The van der Waals surface area contributed by atoms with Crippen LogP contribution in [-0.2, 0) is 0 Å². The van der Waals surface area contributed by atoms with Gasteiger partial charge in [0.05, 0.1) is 12.2 Å². The lowest BCUT2D eigenvalue weighted by atomic mass is 10.3. The van der Waals surface area contributed by atoms with Gasteiger partial charge in [-0.1, -0.05) is 0 Å². The zero-order valence-corrected chi connectivity index (χ0v) is 7.27. The highest BCUT2D eigenvalue weighted by Gasteiger charge is 2.08. The van der Waals surface area contributed by atoms with Crippen LogP contribution in [0.5, 0.6) is 0 Å². The van der Waals surface area contributed by atoms with E-state index in [0.717, 1.165) is 0 Å². The summed E-state index contributed by atoms with van der Waals surface area (Å²) in [7, 11) is 0. The fourth-order valence-corrected chi connectivity index (χ4v) is 0.769. The van der Waals surface area contributed by atoms with Crippen LogP contribution in [-0.4, -0.2) is 33.6 Å². The Morgan fingerprint density at radius 3 is 2.77 bits per heavy atom. The van der Waals surface area contributed by atoms with Crippen molar-refractivity contribution in [3.8, 4) is 0 Å². The molecule has 1 amide bonds. The van der Waals surface area contributed by atoms with Gasteiger partial charge in [-0.15, -0.1) is 0 Å². The van der Waals surface area contributed by atoms with Gasteiger partial charge < -0.3 is 10.4 Å². The maximum Gasteiger partial charge on any atom is 0.254 e. The van der Waals surface area contributed by atoms with Crippen molar-refractivity contribution in [2.24, 2.45) is 0 Å². The van der Waals surface area contributed by atoms with E-state index >= 15 is 0 Å². The van der Waals surface area contributed by atoms with Crippen LogP contribution in [0.1, 0.15) is 17.3 Å². The molecule has 1 rings (SSSR count). The Morgan fingerprint density at radius 2 is 2.23 bits per heavy atom. The first-order chi connectivity index (χ1) is 6.24. The third kappa shape index (κ3) is 2.79. The standard InChI is InChI=1S/C8H11N3O2/c1-6(4-12)11-8(13)7-2-9-5-10-3-7/h2-3,5-6,12H,4H2,1H3,(H,11,13). The van der Waals surface area contributed by atoms with Gasteiger partial charge in [0.2, 0.25) is 0 Å². The van der Waals surface area contributed by atoms with E-state index in [1.54, 1.807) is 6.92 Å². The summed E-state index contributed by atoms with van der Waals surface area (Å²) in [6, 6.07) is -0.257. The number of nitrogens with zero attached hydrogens (tertiary/aromatic N) is 2. The number of hydrogen-bond donors (Lipinski definition) is 2. The first-order valence-electron chi connectivity index (χ1n) is 3.90. The maximum absolute atomic E-state index is 11.3. The lowest BCUT2D eigenvalue weighted by molar-refractivity contribution is 0.0921. The van der Waals surface area contributed by atoms with E-state index in [1.807, 2.05) is 0 Å². The molecular weight excluding hydrogens is 170 g/mol. The van der Waals surface area contributed by atoms with Gasteiger partial charge in [0.15, 0.2) is 0 Å². The van der Waals surface area contributed by atoms with Crippen LogP contribution in [0.3, 0.4) is 0 Å². The summed E-state index contributed by atoms with van der Waals surface area (Å²) in [5, 5.41) is 11.3. The van der Waals surface area contributed by atoms with Crippen molar-refractivity contribution in [2.45, 2.75) is 13.0 Å². The first kappa shape index (κ1) is 9.60. The summed E-state index contributed by atoms with van der Waals surface area (Å²) in [4.78, 5) is 18.7. The molecule has 1 aromatic rings. The molecule has 1 atom stereocenters. The van der Waals surface area contributed by atoms with Crippen molar-refractivity contribution < 1.29 is 9.90 Å². The second-order valence-electron chi connectivity index (χ2n) is 2.68. The quantitative estimate of drug-likeness (QED) is 0.664. The molecule has 0 spiro atoms. The van der Waals surface area contributed by atoms with Gasteiger partial charge >= 0.3 is 0 Å². The summed E-state index contributed by atoms with van der Waals surface area (Å²) >= 11 is 0. The smallest absolute Gasteiger partial charge is 0.254 e. The van der Waals surface area contributed by atoms with E-state index in [2.05, 4.69) is 15.3 Å². The Balaban J connectivity index is 2.59. The van der Waals surface area contributed by atoms with E-state index < -0.39 is 0 Å². The van der Waals surface area contributed by atoms with Crippen LogP contribution < -0.4 is 5.32 Å². The van der Waals surface area contributed by atoms with Crippen LogP contribution in [0.15, 0.2) is 18.7 Å². The molecule has 0 aromatic carbocycles. The van der Waals surface area contributed by atoms with E-state index in [1.165, 1.54) is 18.7 Å². The van der Waals surface area contributed by atoms with Crippen LogP contribution in [0.25, 0.3) is 0 Å². The fraction of sp³-hybridized carbons (Fsp3) is 0.375. The lowest BCUT2D eigenvalue weighted by Crippen LogP contribution is -2.35. The zero-order chi connectivity index (χ0) is 9.68. The molecule has 1 aromatic heterocycles. The molecule has 0 saturated heterocycles. The average Bonchev–Trinajstić information content (AvgIpc) is 2.19. The van der Waals surface area contributed by atoms with Crippen LogP contribution >= 0.6 is 0 Å². The number of carbonyl (C=O) groups excluding carboxylic acids is 1. The molecule has 0 fully saturated rings. The number of nitrogens with one attached hydrogen (secondary N) is 1. The predicted octanol–water partition coefficient (Wildman–Crippen LogP) is -0.413. The van der Waals surface area contributed by atoms with Gasteiger partial charge in [-0.25, -0.2) is 9.97 Å². The molecule has 5 nitrogen and oxygen atoms in total. The molecular formula is C8H11N3O2. The third-order valence-corrected chi connectivity index (χ3v) is 1.47. The molecule has 0 bridgehead atoms. The van der Waals surface area contributed by atoms with Gasteiger partial charge in [-0.05, 0) is 6.92 Å². The van der Waals surface area contributed by atoms with Crippen molar-refractivity contribution in [1.29, 1.82) is 0 Å². The normalized spacial score (nSPS) is 12.2. The Bertz CT molecular complexity index is 276. The van der Waals surface area contributed by atoms with Gasteiger partial charge in [-0.3, -0.25) is 4.79 Å². The number of amides is 1. The number of aliphatic hydroxyl groups excluding tert-OH is 1. The molecule has 5 heteroatoms. The summed E-state index contributed by atoms with van der Waals surface area (Å²) in [5.41, 5.74) is 0.391. The monoisotopic (exact) mass is 181 g/mol. The molecule has 0 radical (unpaired) electrons. The summed E-state index contributed by atoms with van der Waals surface area (Å²) in [6.45, 7) is 1.63. The number of carbonyl (C=O) groups is 1. The highest BCUT2D eigenvalue weighted by atomic mass is 16.3. The van der Waals surface area contributed by atoms with E-state index in [0.29, 0.717) is 5.56 Å². The number of aliphatic hydroxyl groups is 1. The van der Waals surface area contributed by atoms with Crippen molar-refractivity contribution >= 4 is 5.91 Å². The van der Waals surface area contributed by atoms with Crippen molar-refractivity contribution in [2.75, 3.05) is 6.61 Å². The molecule has 13 heavy (non-hydrogen) atoms. The van der Waals surface area contributed by atoms with Gasteiger partial charge in [0.1, 0.15) is 6.33 Å². The average molecular weight is 181 g/mol. The summed E-state index contributed by atoms with van der Waals surface area (Å²) < 4.78 is 0. The topological polar surface area (TPSA) is 75.1 Å². The Hall–Kier alpha value is -1.49. The minimum atomic E-state index is -0.276. The Kier molecular flexibility index (Phi) is 3.33. The molecule has 0 aliphatic carbocycles. The van der Waals surface area contributed by atoms with E-state index in [4.69, 9.17) is 5.11 Å². The SMILES string of the molecule is CC(CO)NC(=O)c1cncnc1. The summed E-state index contributed by atoms with van der Waals surface area (Å²) in [6.07, 6.45) is 4.20. The minimum Gasteiger partial charge on any atom is -0.394 e. The number of hydrogen-bond acceptors (Lipinski definition) is 4. The van der Waals surface area contributed by atoms with E-state index in [9.17, 15) is 4.79 Å². The van der Waals surface area contributed by atoms with Crippen LogP contribution in [0.4, 0.5) is 0 Å². The van der Waals surface area contributed by atoms with Crippen molar-refractivity contribution in [3.05, 3.63) is 24.3 Å². The molecule has 70 valence electrons. The predicted molar refractivity (Wildman–Crippen MR) is 46.0 cm³/mol. The molecule has 0 aliphatic rings. The second-order valence-corrected chi connectivity index (χ2v) is 2.68. The molecule has 1 heterocycles. The number of aromatic nitrogens is 2. The summed E-state index contributed by atoms with van der Waals surface area (Å²) in [5.74, 6) is -0.276. The van der Waals surface area contributed by atoms with Gasteiger partial charge in [-0.2, -0.15) is 0 Å². The fourth-order valence-electron chi connectivity index (χ4n) is 0.769. The number of rotatable bonds is 3. The van der Waals surface area contributed by atoms with Crippen LogP contribution in [0, 0.1) is 0 Å². The Labute approximate surface area is 75.8 Å². The molecule has 2 N–H and O–H groups in total. The third-order valence-electron chi connectivity index (χ3n) is 1.47. The van der Waals surface area contributed by atoms with Gasteiger partial charge in [0.25, 0.3) is 5.91 Å². The maximum atomic E-state index is 11.3. The first-order valence-corrected chi connectivity index (χ1v) is 3.90. The zero-order valence-electron chi connectivity index (χ0n) is 7.27. The highest BCUT2D eigenvalue weighted by Crippen LogP contribution is 1.93. The van der Waals surface area contributed by atoms with Crippen molar-refractivity contribution in [3.63, 3.8) is 0 Å². The van der Waals surface area contributed by atoms with Gasteiger partial charge in [0, 0.05) is 18.4 Å². The highest BCUT2D eigenvalue weighted by molar-refractivity contribution is 5.93. The largest absolute Gasteiger partial charge is 0.394 e.